The van der Waals surface area contributed by atoms with E-state index < -0.39 is 11.8 Å². The van der Waals surface area contributed by atoms with Crippen molar-refractivity contribution in [1.82, 2.24) is 15.2 Å². The number of thiocarbonyl (C=S) groups is 1. The van der Waals surface area contributed by atoms with E-state index in [0.717, 1.165) is 0 Å². The molecule has 1 saturated heterocycles. The first-order valence-electron chi connectivity index (χ1n) is 6.46. The highest BCUT2D eigenvalue weighted by molar-refractivity contribution is 7.98. The maximum atomic E-state index is 12.4. The van der Waals surface area contributed by atoms with Crippen LogP contribution < -0.4 is 5.32 Å². The van der Waals surface area contributed by atoms with Gasteiger partial charge in [-0.3, -0.25) is 19.8 Å². The van der Waals surface area contributed by atoms with E-state index in [9.17, 15) is 9.59 Å². The Morgan fingerprint density at radius 3 is 2.87 bits per heavy atom. The minimum absolute atomic E-state index is 0.0506. The number of pyridine rings is 1. The van der Waals surface area contributed by atoms with Crippen LogP contribution in [0.15, 0.2) is 35.4 Å². The predicted molar refractivity (Wildman–Crippen MR) is 91.4 cm³/mol. The van der Waals surface area contributed by atoms with Crippen molar-refractivity contribution in [2.45, 2.75) is 5.03 Å². The molecule has 1 aromatic rings. The number of hydrogen-bond donors (Lipinski definition) is 1. The third kappa shape index (κ3) is 3.47. The van der Waals surface area contributed by atoms with Crippen LogP contribution in [0, 0.1) is 11.3 Å². The van der Waals surface area contributed by atoms with E-state index >= 15 is 0 Å². The van der Waals surface area contributed by atoms with E-state index in [0.29, 0.717) is 16.3 Å². The molecule has 1 aliphatic heterocycles. The molecular weight excluding hydrogens is 332 g/mol. The second-order valence-electron chi connectivity index (χ2n) is 4.43. The van der Waals surface area contributed by atoms with Gasteiger partial charge in [0.2, 0.25) is 0 Å². The van der Waals surface area contributed by atoms with Crippen LogP contribution in [0.25, 0.3) is 6.08 Å². The summed E-state index contributed by atoms with van der Waals surface area (Å²) in [5, 5.41) is 12.0. The molecule has 8 heteroatoms. The highest BCUT2D eigenvalue weighted by Crippen LogP contribution is 2.20. The molecule has 23 heavy (non-hydrogen) atoms. The largest absolute Gasteiger partial charge is 0.298 e. The van der Waals surface area contributed by atoms with Crippen molar-refractivity contribution in [3.05, 3.63) is 41.6 Å². The van der Waals surface area contributed by atoms with E-state index in [1.165, 1.54) is 28.8 Å². The van der Waals surface area contributed by atoms with Gasteiger partial charge >= 0.3 is 0 Å². The zero-order chi connectivity index (χ0) is 17.0. The lowest BCUT2D eigenvalue weighted by atomic mass is 10.1. The van der Waals surface area contributed by atoms with E-state index in [1.807, 2.05) is 6.07 Å². The van der Waals surface area contributed by atoms with Gasteiger partial charge in [-0.1, -0.05) is 6.08 Å². The van der Waals surface area contributed by atoms with Crippen LogP contribution in [0.4, 0.5) is 0 Å². The van der Waals surface area contributed by atoms with Crippen molar-refractivity contribution in [2.24, 2.45) is 0 Å². The normalized spacial score (nSPS) is 16.3. The molecule has 1 N–H and O–H groups in total. The van der Waals surface area contributed by atoms with Gasteiger partial charge in [-0.2, -0.15) is 5.26 Å². The molecule has 0 unspecified atom stereocenters. The summed E-state index contributed by atoms with van der Waals surface area (Å²) in [6, 6.07) is 5.22. The van der Waals surface area contributed by atoms with Gasteiger partial charge in [0.1, 0.15) is 16.7 Å². The minimum Gasteiger partial charge on any atom is -0.298 e. The Bertz CT molecular complexity index is 780. The van der Waals surface area contributed by atoms with Gasteiger partial charge in [0.25, 0.3) is 11.8 Å². The topological polar surface area (TPSA) is 86.1 Å². The summed E-state index contributed by atoms with van der Waals surface area (Å²) in [4.78, 5) is 29.9. The quantitative estimate of drug-likeness (QED) is 0.293. The van der Waals surface area contributed by atoms with E-state index in [4.69, 9.17) is 17.5 Å². The SMILES string of the molecule is C=CCN1C(=O)C(=Cc2ccc(C#N)c(SC)n2)C(=O)NC1=S. The van der Waals surface area contributed by atoms with Gasteiger partial charge in [0.15, 0.2) is 5.11 Å². The van der Waals surface area contributed by atoms with E-state index in [-0.39, 0.29) is 17.2 Å². The van der Waals surface area contributed by atoms with Gasteiger partial charge in [0.05, 0.1) is 11.3 Å². The zero-order valence-electron chi connectivity index (χ0n) is 12.2. The fraction of sp³-hybridized carbons (Fsp3) is 0.133. The van der Waals surface area contributed by atoms with Gasteiger partial charge in [-0.05, 0) is 36.7 Å². The molecule has 116 valence electrons. The smallest absolute Gasteiger partial charge is 0.266 e. The molecule has 0 atom stereocenters. The summed E-state index contributed by atoms with van der Waals surface area (Å²) in [6.45, 7) is 3.76. The molecule has 2 rings (SSSR count). The van der Waals surface area contributed by atoms with Gasteiger partial charge in [-0.25, -0.2) is 4.98 Å². The molecule has 2 heterocycles. The maximum Gasteiger partial charge on any atom is 0.266 e. The maximum absolute atomic E-state index is 12.4. The fourth-order valence-corrected chi connectivity index (χ4v) is 2.69. The number of carbonyl (C=O) groups is 2. The second-order valence-corrected chi connectivity index (χ2v) is 5.61. The molecule has 0 aromatic carbocycles. The summed E-state index contributed by atoms with van der Waals surface area (Å²) in [5.74, 6) is -1.08. The van der Waals surface area contributed by atoms with E-state index in [1.54, 1.807) is 18.4 Å². The summed E-state index contributed by atoms with van der Waals surface area (Å²) in [6.07, 6.45) is 4.70. The highest BCUT2D eigenvalue weighted by Gasteiger charge is 2.32. The molecule has 1 aromatic heterocycles. The number of nitrogens with one attached hydrogen (secondary N) is 1. The van der Waals surface area contributed by atoms with Crippen LogP contribution in [0.2, 0.25) is 0 Å². The second kappa shape index (κ2) is 7.17. The Morgan fingerprint density at radius 2 is 2.26 bits per heavy atom. The molecule has 2 amide bonds. The zero-order valence-corrected chi connectivity index (χ0v) is 13.8. The number of hydrogen-bond acceptors (Lipinski definition) is 6. The molecule has 0 aliphatic carbocycles. The summed E-state index contributed by atoms with van der Waals surface area (Å²) < 4.78 is 0. The summed E-state index contributed by atoms with van der Waals surface area (Å²) in [5.41, 5.74) is 0.788. The van der Waals surface area contributed by atoms with Crippen molar-refractivity contribution in [3.8, 4) is 6.07 Å². The number of carbonyl (C=O) groups excluding carboxylic acids is 2. The average Bonchev–Trinajstić information content (AvgIpc) is 2.55. The number of aromatic nitrogens is 1. The lowest BCUT2D eigenvalue weighted by molar-refractivity contribution is -0.128. The first kappa shape index (κ1) is 16.9. The number of thioether (sulfide) groups is 1. The van der Waals surface area contributed by atoms with Crippen molar-refractivity contribution in [2.75, 3.05) is 12.8 Å². The van der Waals surface area contributed by atoms with Crippen LogP contribution in [-0.4, -0.2) is 39.6 Å². The highest BCUT2D eigenvalue weighted by atomic mass is 32.2. The molecular formula is C15H12N4O2S2. The Kier molecular flexibility index (Phi) is 5.26. The lowest BCUT2D eigenvalue weighted by Crippen LogP contribution is -2.53. The molecule has 0 saturated carbocycles. The van der Waals surface area contributed by atoms with Crippen LogP contribution >= 0.6 is 24.0 Å². The molecule has 0 bridgehead atoms. The molecule has 0 spiro atoms. The fourth-order valence-electron chi connectivity index (χ4n) is 1.91. The van der Waals surface area contributed by atoms with Crippen molar-refractivity contribution < 1.29 is 9.59 Å². The molecule has 1 aliphatic rings. The van der Waals surface area contributed by atoms with Crippen LogP contribution in [0.3, 0.4) is 0 Å². The lowest BCUT2D eigenvalue weighted by Gasteiger charge is -2.27. The van der Waals surface area contributed by atoms with Crippen LogP contribution in [-0.2, 0) is 9.59 Å². The predicted octanol–water partition coefficient (Wildman–Crippen LogP) is 1.49. The monoisotopic (exact) mass is 344 g/mol. The third-order valence-corrected chi connectivity index (χ3v) is 4.01. The molecule has 0 radical (unpaired) electrons. The minimum atomic E-state index is -0.572. The van der Waals surface area contributed by atoms with Crippen molar-refractivity contribution >= 4 is 47.0 Å². The Labute approximate surface area is 142 Å². The first-order chi connectivity index (χ1) is 11.0. The number of rotatable bonds is 4. The summed E-state index contributed by atoms with van der Waals surface area (Å²) >= 11 is 6.29. The van der Waals surface area contributed by atoms with Gasteiger partial charge in [-0.15, -0.1) is 18.3 Å². The number of nitriles is 1. The first-order valence-corrected chi connectivity index (χ1v) is 8.10. The third-order valence-electron chi connectivity index (χ3n) is 2.99. The average molecular weight is 344 g/mol. The Morgan fingerprint density at radius 1 is 1.52 bits per heavy atom. The molecule has 6 nitrogen and oxygen atoms in total. The van der Waals surface area contributed by atoms with Gasteiger partial charge in [0, 0.05) is 6.54 Å². The molecule has 1 fully saturated rings. The Hall–Kier alpha value is -2.50. The van der Waals surface area contributed by atoms with E-state index in [2.05, 4.69) is 16.9 Å². The standard InChI is InChI=1S/C15H12N4O2S2/c1-3-6-19-14(21)11(12(20)18-15(19)22)7-10-5-4-9(8-16)13(17-10)23-2/h3-5,7H,1,6H2,2H3,(H,18,20,22). The number of nitrogens with zero attached hydrogens (tertiary/aromatic N) is 3. The Balaban J connectivity index is 2.43. The van der Waals surface area contributed by atoms with Crippen LogP contribution in [0.5, 0.6) is 0 Å². The summed E-state index contributed by atoms with van der Waals surface area (Å²) in [7, 11) is 0. The number of amides is 2. The van der Waals surface area contributed by atoms with Gasteiger partial charge < -0.3 is 0 Å². The van der Waals surface area contributed by atoms with Crippen molar-refractivity contribution in [3.63, 3.8) is 0 Å². The van der Waals surface area contributed by atoms with Crippen LogP contribution in [0.1, 0.15) is 11.3 Å². The van der Waals surface area contributed by atoms with Crippen molar-refractivity contribution in [1.29, 1.82) is 5.26 Å².